The van der Waals surface area contributed by atoms with E-state index in [0.717, 1.165) is 6.26 Å². The molecule has 2 heterocycles. The van der Waals surface area contributed by atoms with Crippen LogP contribution in [0.15, 0.2) is 23.7 Å². The van der Waals surface area contributed by atoms with E-state index in [0.29, 0.717) is 5.56 Å². The number of sulfone groups is 1. The zero-order valence-electron chi connectivity index (χ0n) is 12.3. The summed E-state index contributed by atoms with van der Waals surface area (Å²) in [6.45, 7) is 3.53. The second kappa shape index (κ2) is 5.47. The van der Waals surface area contributed by atoms with Gasteiger partial charge in [-0.05, 0) is 13.8 Å². The van der Waals surface area contributed by atoms with Crippen molar-refractivity contribution in [1.82, 2.24) is 19.7 Å². The predicted molar refractivity (Wildman–Crippen MR) is 77.4 cm³/mol. The van der Waals surface area contributed by atoms with Crippen LogP contribution in [-0.4, -0.2) is 45.1 Å². The monoisotopic (exact) mass is 321 g/mol. The molecule has 22 heavy (non-hydrogen) atoms. The molecule has 0 aliphatic carbocycles. The molecule has 0 radical (unpaired) electrons. The average Bonchev–Trinajstić information content (AvgIpc) is 2.83. The van der Waals surface area contributed by atoms with E-state index in [1.165, 1.54) is 17.1 Å². The van der Waals surface area contributed by atoms with E-state index in [4.69, 9.17) is 5.26 Å². The molecule has 116 valence electrons. The minimum Gasteiger partial charge on any atom is -0.389 e. The fourth-order valence-electron chi connectivity index (χ4n) is 1.81. The van der Waals surface area contributed by atoms with Gasteiger partial charge in [-0.3, -0.25) is 4.68 Å². The molecule has 0 amide bonds. The Morgan fingerprint density at radius 3 is 2.64 bits per heavy atom. The third-order valence-corrected chi connectivity index (χ3v) is 3.53. The largest absolute Gasteiger partial charge is 0.389 e. The molecule has 0 aliphatic heterocycles. The summed E-state index contributed by atoms with van der Waals surface area (Å²) in [6.07, 6.45) is 5.22. The molecule has 0 aliphatic rings. The van der Waals surface area contributed by atoms with E-state index in [9.17, 15) is 13.5 Å². The van der Waals surface area contributed by atoms with Crippen molar-refractivity contribution in [2.24, 2.45) is 0 Å². The molecule has 2 rings (SSSR count). The first kappa shape index (κ1) is 16.1. The molecule has 0 aromatic carbocycles. The summed E-state index contributed by atoms with van der Waals surface area (Å²) in [4.78, 5) is 7.64. The summed E-state index contributed by atoms with van der Waals surface area (Å²) in [5.41, 5.74) is -0.131. The van der Waals surface area contributed by atoms with E-state index < -0.39 is 15.4 Å². The average molecular weight is 321 g/mol. The fraction of sp³-hybridized carbons (Fsp3) is 0.385. The maximum atomic E-state index is 11.5. The molecule has 0 bridgehead atoms. The van der Waals surface area contributed by atoms with Crippen molar-refractivity contribution in [3.05, 3.63) is 24.2 Å². The van der Waals surface area contributed by atoms with Gasteiger partial charge in [0, 0.05) is 18.0 Å². The van der Waals surface area contributed by atoms with E-state index in [1.807, 2.05) is 6.07 Å². The third-order valence-electron chi connectivity index (χ3n) is 2.67. The highest BCUT2D eigenvalue weighted by Gasteiger charge is 2.18. The lowest BCUT2D eigenvalue weighted by molar-refractivity contribution is 0.0577. The lowest BCUT2D eigenvalue weighted by Crippen LogP contribution is -2.26. The molecule has 9 heteroatoms. The van der Waals surface area contributed by atoms with Crippen molar-refractivity contribution in [1.29, 1.82) is 5.26 Å². The van der Waals surface area contributed by atoms with Crippen molar-refractivity contribution in [3.63, 3.8) is 0 Å². The first-order valence-electron chi connectivity index (χ1n) is 6.32. The highest BCUT2D eigenvalue weighted by Crippen LogP contribution is 2.22. The Hall–Kier alpha value is -2.31. The Labute approximate surface area is 128 Å². The summed E-state index contributed by atoms with van der Waals surface area (Å²) in [6, 6.07) is 1.92. The summed E-state index contributed by atoms with van der Waals surface area (Å²) < 4.78 is 24.6. The van der Waals surface area contributed by atoms with E-state index in [1.54, 1.807) is 20.0 Å². The Balaban J connectivity index is 2.50. The van der Waals surface area contributed by atoms with Crippen LogP contribution >= 0.6 is 0 Å². The first-order valence-corrected chi connectivity index (χ1v) is 8.22. The number of nitrogens with zero attached hydrogens (tertiary/aromatic N) is 5. The molecule has 2 aromatic heterocycles. The normalized spacial score (nSPS) is 12.1. The minimum atomic E-state index is -3.58. The van der Waals surface area contributed by atoms with Gasteiger partial charge >= 0.3 is 0 Å². The van der Waals surface area contributed by atoms with Crippen molar-refractivity contribution < 1.29 is 13.5 Å². The minimum absolute atomic E-state index is 0.148. The van der Waals surface area contributed by atoms with Gasteiger partial charge in [-0.15, -0.1) is 0 Å². The summed E-state index contributed by atoms with van der Waals surface area (Å²) >= 11 is 0. The third kappa shape index (κ3) is 3.66. The van der Waals surface area contributed by atoms with Gasteiger partial charge in [0.1, 0.15) is 6.07 Å². The number of aromatic nitrogens is 4. The van der Waals surface area contributed by atoms with Crippen LogP contribution in [0.3, 0.4) is 0 Å². The van der Waals surface area contributed by atoms with Crippen molar-refractivity contribution >= 4 is 9.84 Å². The highest BCUT2D eigenvalue weighted by atomic mass is 32.2. The molecule has 0 unspecified atom stereocenters. The molecule has 8 nitrogen and oxygen atoms in total. The topological polar surface area (TPSA) is 122 Å². The maximum absolute atomic E-state index is 11.5. The SMILES string of the molecule is CC(C)(O)Cn1cc(-c2nc(S(C)(=O)=O)ncc2C#N)cn1. The summed E-state index contributed by atoms with van der Waals surface area (Å²) in [5, 5.41) is 22.6. The van der Waals surface area contributed by atoms with Crippen molar-refractivity contribution in [2.45, 2.75) is 31.1 Å². The lowest BCUT2D eigenvalue weighted by Gasteiger charge is -2.16. The Bertz CT molecular complexity index is 843. The van der Waals surface area contributed by atoms with Crippen molar-refractivity contribution in [2.75, 3.05) is 6.26 Å². The van der Waals surface area contributed by atoms with Gasteiger partial charge in [0.25, 0.3) is 0 Å². The standard InChI is InChI=1S/C13H15N5O3S/c1-13(2,19)8-18-7-10(6-16-18)11-9(4-14)5-15-12(17-11)22(3,20)21/h5-7,19H,8H2,1-3H3. The molecule has 0 spiro atoms. The van der Waals surface area contributed by atoms with Crippen LogP contribution in [0.5, 0.6) is 0 Å². The Morgan fingerprint density at radius 2 is 2.09 bits per heavy atom. The van der Waals surface area contributed by atoms with Gasteiger partial charge in [-0.25, -0.2) is 18.4 Å². The molecular formula is C13H15N5O3S. The molecule has 0 atom stereocenters. The van der Waals surface area contributed by atoms with Gasteiger partial charge in [0.05, 0.1) is 35.8 Å². The number of nitriles is 1. The van der Waals surface area contributed by atoms with E-state index in [-0.39, 0.29) is 23.0 Å². The van der Waals surface area contributed by atoms with E-state index in [2.05, 4.69) is 15.1 Å². The van der Waals surface area contributed by atoms with Crippen LogP contribution in [0.25, 0.3) is 11.3 Å². The van der Waals surface area contributed by atoms with Crippen LogP contribution in [0.2, 0.25) is 0 Å². The zero-order chi connectivity index (χ0) is 16.5. The summed E-state index contributed by atoms with van der Waals surface area (Å²) in [5.74, 6) is 0. The van der Waals surface area contributed by atoms with Crippen LogP contribution in [0.1, 0.15) is 19.4 Å². The van der Waals surface area contributed by atoms with Gasteiger partial charge in [0.15, 0.2) is 0 Å². The van der Waals surface area contributed by atoms with Gasteiger partial charge < -0.3 is 5.11 Å². The molecule has 1 N–H and O–H groups in total. The van der Waals surface area contributed by atoms with Crippen LogP contribution in [0, 0.1) is 11.3 Å². The maximum Gasteiger partial charge on any atom is 0.247 e. The lowest BCUT2D eigenvalue weighted by atomic mass is 10.1. The zero-order valence-corrected chi connectivity index (χ0v) is 13.2. The second-order valence-corrected chi connectivity index (χ2v) is 7.45. The first-order chi connectivity index (χ1) is 10.1. The van der Waals surface area contributed by atoms with Gasteiger partial charge in [-0.2, -0.15) is 10.4 Å². The smallest absolute Gasteiger partial charge is 0.247 e. The second-order valence-electron chi connectivity index (χ2n) is 5.54. The van der Waals surface area contributed by atoms with Crippen LogP contribution in [0.4, 0.5) is 0 Å². The van der Waals surface area contributed by atoms with Gasteiger partial charge in [-0.1, -0.05) is 0 Å². The highest BCUT2D eigenvalue weighted by molar-refractivity contribution is 7.90. The number of aliphatic hydroxyl groups is 1. The number of rotatable bonds is 4. The van der Waals surface area contributed by atoms with E-state index >= 15 is 0 Å². The number of hydrogen-bond donors (Lipinski definition) is 1. The quantitative estimate of drug-likeness (QED) is 0.808. The fourth-order valence-corrected chi connectivity index (χ4v) is 2.32. The summed E-state index contributed by atoms with van der Waals surface area (Å²) in [7, 11) is -3.58. The van der Waals surface area contributed by atoms with Gasteiger partial charge in [0.2, 0.25) is 15.0 Å². The molecule has 2 aromatic rings. The van der Waals surface area contributed by atoms with Crippen molar-refractivity contribution in [3.8, 4) is 17.3 Å². The van der Waals surface area contributed by atoms with Crippen LogP contribution in [-0.2, 0) is 16.4 Å². The Kier molecular flexibility index (Phi) is 4.00. The van der Waals surface area contributed by atoms with Crippen LogP contribution < -0.4 is 0 Å². The predicted octanol–water partition coefficient (Wildman–Crippen LogP) is 0.386. The molecular weight excluding hydrogens is 306 g/mol. The Morgan fingerprint density at radius 1 is 1.41 bits per heavy atom. The molecule has 0 saturated heterocycles. The molecule has 0 fully saturated rings. The molecule has 0 saturated carbocycles. The number of hydrogen-bond acceptors (Lipinski definition) is 7.